The molecule has 0 aromatic heterocycles. The molecule has 2 heterocycles. The zero-order chi connectivity index (χ0) is 15.3. The van der Waals surface area contributed by atoms with E-state index in [1.807, 2.05) is 18.8 Å². The van der Waals surface area contributed by atoms with Crippen LogP contribution in [0.4, 0.5) is 0 Å². The molecule has 22 heavy (non-hydrogen) atoms. The van der Waals surface area contributed by atoms with Crippen LogP contribution >= 0.6 is 35.7 Å². The van der Waals surface area contributed by atoms with Gasteiger partial charge in [-0.2, -0.15) is 11.8 Å². The van der Waals surface area contributed by atoms with E-state index < -0.39 is 0 Å². The van der Waals surface area contributed by atoms with E-state index in [2.05, 4.69) is 35.3 Å². The molecular weight excluding hydrogens is 409 g/mol. The Hall–Kier alpha value is 0.310. The van der Waals surface area contributed by atoms with E-state index in [-0.39, 0.29) is 24.0 Å². The Balaban J connectivity index is 0.00000242. The van der Waals surface area contributed by atoms with Crippen molar-refractivity contribution in [1.29, 1.82) is 0 Å². The van der Waals surface area contributed by atoms with Crippen LogP contribution in [0.2, 0.25) is 0 Å². The molecule has 2 fully saturated rings. The SMILES string of the molecule is CN=C(NCC1(SC)CCOCC1)N1CC(C)CC(C)C1.I. The van der Waals surface area contributed by atoms with Crippen LogP contribution in [0, 0.1) is 11.8 Å². The van der Waals surface area contributed by atoms with Crippen molar-refractivity contribution in [3.05, 3.63) is 0 Å². The number of halogens is 1. The first-order chi connectivity index (χ1) is 10.1. The number of likely N-dealkylation sites (tertiary alicyclic amines) is 1. The number of thioether (sulfide) groups is 1. The Bertz CT molecular complexity index is 351. The Morgan fingerprint density at radius 3 is 2.36 bits per heavy atom. The van der Waals surface area contributed by atoms with Gasteiger partial charge in [0.15, 0.2) is 5.96 Å². The predicted octanol–water partition coefficient (Wildman–Crippen LogP) is 3.07. The lowest BCUT2D eigenvalue weighted by atomic mass is 9.92. The van der Waals surface area contributed by atoms with E-state index in [0.29, 0.717) is 4.75 Å². The molecule has 2 aliphatic heterocycles. The quantitative estimate of drug-likeness (QED) is 0.415. The van der Waals surface area contributed by atoms with Gasteiger partial charge in [0, 0.05) is 44.6 Å². The van der Waals surface area contributed by atoms with Crippen molar-refractivity contribution < 1.29 is 4.74 Å². The van der Waals surface area contributed by atoms with E-state index in [9.17, 15) is 0 Å². The molecule has 130 valence electrons. The Morgan fingerprint density at radius 1 is 1.27 bits per heavy atom. The van der Waals surface area contributed by atoms with Gasteiger partial charge >= 0.3 is 0 Å². The molecule has 0 radical (unpaired) electrons. The zero-order valence-electron chi connectivity index (χ0n) is 14.4. The highest BCUT2D eigenvalue weighted by atomic mass is 127. The summed E-state index contributed by atoms with van der Waals surface area (Å²) in [6, 6.07) is 0. The van der Waals surface area contributed by atoms with E-state index in [0.717, 1.165) is 63.5 Å². The molecule has 1 N–H and O–H groups in total. The molecule has 2 atom stereocenters. The third kappa shape index (κ3) is 5.44. The van der Waals surface area contributed by atoms with Crippen molar-refractivity contribution in [1.82, 2.24) is 10.2 Å². The Labute approximate surface area is 157 Å². The highest BCUT2D eigenvalue weighted by Crippen LogP contribution is 2.33. The molecule has 0 aromatic rings. The lowest BCUT2D eigenvalue weighted by molar-refractivity contribution is 0.0780. The summed E-state index contributed by atoms with van der Waals surface area (Å²) < 4.78 is 5.83. The molecule has 0 spiro atoms. The summed E-state index contributed by atoms with van der Waals surface area (Å²) in [6.45, 7) is 9.70. The van der Waals surface area contributed by atoms with Crippen LogP contribution in [0.3, 0.4) is 0 Å². The molecule has 2 unspecified atom stereocenters. The standard InChI is InChI=1S/C16H31N3OS.HI/c1-13-9-14(2)11-19(10-13)15(17-3)18-12-16(21-4)5-7-20-8-6-16;/h13-14H,5-12H2,1-4H3,(H,17,18);1H. The van der Waals surface area contributed by atoms with Gasteiger partial charge < -0.3 is 15.0 Å². The van der Waals surface area contributed by atoms with Crippen LogP contribution in [0.15, 0.2) is 4.99 Å². The van der Waals surface area contributed by atoms with E-state index in [4.69, 9.17) is 4.74 Å². The van der Waals surface area contributed by atoms with Gasteiger partial charge in [0.05, 0.1) is 0 Å². The monoisotopic (exact) mass is 441 g/mol. The fourth-order valence-electron chi connectivity index (χ4n) is 3.60. The van der Waals surface area contributed by atoms with E-state index in [1.165, 1.54) is 6.42 Å². The summed E-state index contributed by atoms with van der Waals surface area (Å²) in [5, 5.41) is 3.64. The maximum atomic E-state index is 5.52. The maximum absolute atomic E-state index is 5.52. The van der Waals surface area contributed by atoms with E-state index >= 15 is 0 Å². The summed E-state index contributed by atoms with van der Waals surface area (Å²) in [4.78, 5) is 6.96. The van der Waals surface area contributed by atoms with Gasteiger partial charge in [-0.15, -0.1) is 24.0 Å². The molecule has 0 amide bonds. The number of aliphatic imine (C=N–C) groups is 1. The highest BCUT2D eigenvalue weighted by Gasteiger charge is 2.33. The normalized spacial score (nSPS) is 28.9. The van der Waals surface area contributed by atoms with Crippen molar-refractivity contribution in [2.24, 2.45) is 16.8 Å². The average molecular weight is 441 g/mol. The van der Waals surface area contributed by atoms with Crippen LogP contribution in [0.25, 0.3) is 0 Å². The van der Waals surface area contributed by atoms with Crippen LogP contribution in [0.1, 0.15) is 33.1 Å². The molecule has 2 saturated heterocycles. The number of ether oxygens (including phenoxy) is 1. The number of guanidine groups is 1. The molecule has 0 aliphatic carbocycles. The summed E-state index contributed by atoms with van der Waals surface area (Å²) >= 11 is 1.98. The highest BCUT2D eigenvalue weighted by molar-refractivity contribution is 14.0. The minimum Gasteiger partial charge on any atom is -0.381 e. The first kappa shape index (κ1) is 20.4. The van der Waals surface area contributed by atoms with Crippen molar-refractivity contribution in [3.63, 3.8) is 0 Å². The molecule has 0 aromatic carbocycles. The zero-order valence-corrected chi connectivity index (χ0v) is 17.6. The van der Waals surface area contributed by atoms with Crippen molar-refractivity contribution in [2.75, 3.05) is 46.2 Å². The second kappa shape index (κ2) is 9.57. The number of rotatable bonds is 3. The van der Waals surface area contributed by atoms with Gasteiger partial charge in [-0.05, 0) is 37.4 Å². The summed E-state index contributed by atoms with van der Waals surface area (Å²) in [6.07, 6.45) is 5.82. The maximum Gasteiger partial charge on any atom is 0.193 e. The second-order valence-electron chi connectivity index (χ2n) is 6.75. The minimum atomic E-state index is 0. The van der Waals surface area contributed by atoms with Crippen molar-refractivity contribution in [2.45, 2.75) is 37.9 Å². The fourth-order valence-corrected chi connectivity index (χ4v) is 4.40. The van der Waals surface area contributed by atoms with Gasteiger partial charge in [-0.1, -0.05) is 13.8 Å². The average Bonchev–Trinajstić information content (AvgIpc) is 2.48. The van der Waals surface area contributed by atoms with Crippen LogP contribution < -0.4 is 5.32 Å². The predicted molar refractivity (Wildman–Crippen MR) is 108 cm³/mol. The first-order valence-electron chi connectivity index (χ1n) is 8.17. The number of nitrogens with zero attached hydrogens (tertiary/aromatic N) is 2. The Morgan fingerprint density at radius 2 is 1.86 bits per heavy atom. The third-order valence-corrected chi connectivity index (χ3v) is 6.20. The number of piperidine rings is 1. The molecule has 0 saturated carbocycles. The van der Waals surface area contributed by atoms with E-state index in [1.54, 1.807) is 0 Å². The molecule has 4 nitrogen and oxygen atoms in total. The molecule has 6 heteroatoms. The molecular formula is C16H32IN3OS. The number of nitrogens with one attached hydrogen (secondary N) is 1. The van der Waals surface area contributed by atoms with Gasteiger partial charge in [0.25, 0.3) is 0 Å². The van der Waals surface area contributed by atoms with Gasteiger partial charge in [0.2, 0.25) is 0 Å². The minimum absolute atomic E-state index is 0. The summed E-state index contributed by atoms with van der Waals surface area (Å²) in [5.41, 5.74) is 0. The van der Waals surface area contributed by atoms with Crippen molar-refractivity contribution in [3.8, 4) is 0 Å². The topological polar surface area (TPSA) is 36.9 Å². The fraction of sp³-hybridized carbons (Fsp3) is 0.938. The number of hydrogen-bond acceptors (Lipinski definition) is 3. The van der Waals surface area contributed by atoms with Crippen molar-refractivity contribution >= 4 is 41.7 Å². The molecule has 2 rings (SSSR count). The smallest absolute Gasteiger partial charge is 0.193 e. The first-order valence-corrected chi connectivity index (χ1v) is 9.39. The second-order valence-corrected chi connectivity index (χ2v) is 8.03. The van der Waals surface area contributed by atoms with Gasteiger partial charge in [0.1, 0.15) is 0 Å². The van der Waals surface area contributed by atoms with Crippen LogP contribution in [-0.2, 0) is 4.74 Å². The molecule has 2 aliphatic rings. The largest absolute Gasteiger partial charge is 0.381 e. The van der Waals surface area contributed by atoms with Gasteiger partial charge in [-0.3, -0.25) is 4.99 Å². The number of hydrogen-bond donors (Lipinski definition) is 1. The summed E-state index contributed by atoms with van der Waals surface area (Å²) in [7, 11) is 1.90. The molecule has 0 bridgehead atoms. The lowest BCUT2D eigenvalue weighted by Crippen LogP contribution is -2.52. The summed E-state index contributed by atoms with van der Waals surface area (Å²) in [5.74, 6) is 2.59. The third-order valence-electron chi connectivity index (χ3n) is 4.79. The van der Waals surface area contributed by atoms with Crippen LogP contribution in [-0.4, -0.2) is 61.8 Å². The van der Waals surface area contributed by atoms with Gasteiger partial charge in [-0.25, -0.2) is 0 Å². The lowest BCUT2D eigenvalue weighted by Gasteiger charge is -2.40. The van der Waals surface area contributed by atoms with Crippen LogP contribution in [0.5, 0.6) is 0 Å². The Kier molecular flexibility index (Phi) is 8.85.